The summed E-state index contributed by atoms with van der Waals surface area (Å²) in [5, 5.41) is 8.40. The fourth-order valence-electron chi connectivity index (χ4n) is 0.578. The zero-order valence-electron chi connectivity index (χ0n) is 6.30. The van der Waals surface area contributed by atoms with Gasteiger partial charge in [0.1, 0.15) is 0 Å². The van der Waals surface area contributed by atoms with Crippen LogP contribution in [-0.2, 0) is 0 Å². The Hall–Kier alpha value is -0.300. The van der Waals surface area contributed by atoms with E-state index in [9.17, 15) is 0 Å². The van der Waals surface area contributed by atoms with Gasteiger partial charge in [-0.05, 0) is 18.8 Å². The Morgan fingerprint density at radius 2 is 2.11 bits per heavy atom. The highest BCUT2D eigenvalue weighted by atomic mass is 16.2. The van der Waals surface area contributed by atoms with E-state index in [2.05, 4.69) is 26.0 Å². The van der Waals surface area contributed by atoms with Crippen LogP contribution in [0.15, 0.2) is 12.2 Å². The Balaban J connectivity index is 3.04. The van der Waals surface area contributed by atoms with Crippen LogP contribution in [0.4, 0.5) is 0 Å². The fourth-order valence-corrected chi connectivity index (χ4v) is 0.578. The van der Waals surface area contributed by atoms with Gasteiger partial charge in [-0.15, -0.1) is 0 Å². The largest absolute Gasteiger partial charge is 0.396 e. The van der Waals surface area contributed by atoms with Gasteiger partial charge in [-0.1, -0.05) is 26.0 Å². The van der Waals surface area contributed by atoms with Gasteiger partial charge in [0.25, 0.3) is 0 Å². The number of aliphatic hydroxyl groups excluding tert-OH is 1. The van der Waals surface area contributed by atoms with E-state index in [0.29, 0.717) is 12.5 Å². The van der Waals surface area contributed by atoms with E-state index in [1.54, 1.807) is 0 Å². The molecule has 0 aliphatic carbocycles. The maximum Gasteiger partial charge on any atom is 0.0433 e. The van der Waals surface area contributed by atoms with Crippen LogP contribution in [0.25, 0.3) is 0 Å². The maximum atomic E-state index is 8.40. The Kier molecular flexibility index (Phi) is 5.64. The summed E-state index contributed by atoms with van der Waals surface area (Å²) in [5.41, 5.74) is 0. The first-order chi connectivity index (χ1) is 4.27. The van der Waals surface area contributed by atoms with E-state index >= 15 is 0 Å². The number of hydrogen-bond acceptors (Lipinski definition) is 1. The zero-order valence-corrected chi connectivity index (χ0v) is 6.30. The molecule has 54 valence electrons. The highest BCUT2D eigenvalue weighted by Crippen LogP contribution is 1.96. The predicted octanol–water partition coefficient (Wildman–Crippen LogP) is 1.97. The third-order valence-corrected chi connectivity index (χ3v) is 1.05. The van der Waals surface area contributed by atoms with Gasteiger partial charge in [0.2, 0.25) is 0 Å². The summed E-state index contributed by atoms with van der Waals surface area (Å²) in [6.07, 6.45) is 6.19. The summed E-state index contributed by atoms with van der Waals surface area (Å²) in [6, 6.07) is 0. The van der Waals surface area contributed by atoms with Gasteiger partial charge in [0.05, 0.1) is 0 Å². The lowest BCUT2D eigenvalue weighted by molar-refractivity contribution is 0.289. The minimum absolute atomic E-state index is 0.308. The van der Waals surface area contributed by atoms with Crippen molar-refractivity contribution in [1.29, 1.82) is 0 Å². The van der Waals surface area contributed by atoms with Crippen LogP contribution in [0.3, 0.4) is 0 Å². The normalized spacial score (nSPS) is 11.6. The van der Waals surface area contributed by atoms with Crippen molar-refractivity contribution in [3.05, 3.63) is 12.2 Å². The molecular formula is C8H16O. The Bertz CT molecular complexity index is 74.6. The predicted molar refractivity (Wildman–Crippen MR) is 40.3 cm³/mol. The molecule has 1 heteroatoms. The summed E-state index contributed by atoms with van der Waals surface area (Å²) in [4.78, 5) is 0. The number of rotatable bonds is 4. The van der Waals surface area contributed by atoms with E-state index in [1.165, 1.54) is 0 Å². The van der Waals surface area contributed by atoms with Crippen molar-refractivity contribution in [3.63, 3.8) is 0 Å². The Morgan fingerprint density at radius 1 is 1.44 bits per heavy atom. The number of aliphatic hydroxyl groups is 1. The summed E-state index contributed by atoms with van der Waals surface area (Å²) < 4.78 is 0. The van der Waals surface area contributed by atoms with Crippen LogP contribution in [-0.4, -0.2) is 11.7 Å². The Labute approximate surface area is 57.4 Å². The van der Waals surface area contributed by atoms with Gasteiger partial charge < -0.3 is 5.11 Å². The molecule has 0 heterocycles. The van der Waals surface area contributed by atoms with Crippen molar-refractivity contribution >= 4 is 0 Å². The average Bonchev–Trinajstić information content (AvgIpc) is 1.80. The molecule has 0 fully saturated rings. The molecule has 0 aliphatic rings. The minimum atomic E-state index is 0.308. The van der Waals surface area contributed by atoms with Crippen LogP contribution in [0.2, 0.25) is 0 Å². The molecule has 9 heavy (non-hydrogen) atoms. The second-order valence-corrected chi connectivity index (χ2v) is 2.54. The summed E-state index contributed by atoms with van der Waals surface area (Å²) in [5.74, 6) is 0.642. The van der Waals surface area contributed by atoms with Crippen LogP contribution in [0.5, 0.6) is 0 Å². The lowest BCUT2D eigenvalue weighted by Gasteiger charge is -1.92. The van der Waals surface area contributed by atoms with E-state index < -0.39 is 0 Å². The van der Waals surface area contributed by atoms with E-state index in [-0.39, 0.29) is 0 Å². The van der Waals surface area contributed by atoms with Gasteiger partial charge in [0, 0.05) is 6.61 Å². The van der Waals surface area contributed by atoms with Gasteiger partial charge in [-0.25, -0.2) is 0 Å². The van der Waals surface area contributed by atoms with E-state index in [0.717, 1.165) is 12.8 Å². The van der Waals surface area contributed by atoms with Crippen molar-refractivity contribution in [2.24, 2.45) is 5.92 Å². The molecule has 0 rings (SSSR count). The molecule has 0 unspecified atom stereocenters. The van der Waals surface area contributed by atoms with Crippen LogP contribution in [0, 0.1) is 5.92 Å². The second-order valence-electron chi connectivity index (χ2n) is 2.54. The zero-order chi connectivity index (χ0) is 7.11. The van der Waals surface area contributed by atoms with E-state index in [1.807, 2.05) is 0 Å². The van der Waals surface area contributed by atoms with Gasteiger partial charge in [0.15, 0.2) is 0 Å². The van der Waals surface area contributed by atoms with Crippen molar-refractivity contribution in [2.75, 3.05) is 6.61 Å². The number of hydrogen-bond donors (Lipinski definition) is 1. The maximum absolute atomic E-state index is 8.40. The topological polar surface area (TPSA) is 20.2 Å². The first-order valence-electron chi connectivity index (χ1n) is 3.55. The van der Waals surface area contributed by atoms with Crippen molar-refractivity contribution < 1.29 is 5.11 Å². The highest BCUT2D eigenvalue weighted by Gasteiger charge is 1.82. The van der Waals surface area contributed by atoms with Gasteiger partial charge >= 0.3 is 0 Å². The molecule has 0 spiro atoms. The molecule has 1 nitrogen and oxygen atoms in total. The van der Waals surface area contributed by atoms with Crippen LogP contribution >= 0.6 is 0 Å². The SMILES string of the molecule is CC(C)C=CCCCO. The Morgan fingerprint density at radius 3 is 2.56 bits per heavy atom. The van der Waals surface area contributed by atoms with Crippen molar-refractivity contribution in [3.8, 4) is 0 Å². The fraction of sp³-hybridized carbons (Fsp3) is 0.750. The van der Waals surface area contributed by atoms with Crippen molar-refractivity contribution in [2.45, 2.75) is 26.7 Å². The molecule has 0 aliphatic heterocycles. The molecule has 0 aromatic carbocycles. The number of unbranched alkanes of at least 4 members (excludes halogenated alkanes) is 1. The molecule has 0 saturated heterocycles. The molecule has 0 atom stereocenters. The molecule has 0 saturated carbocycles. The van der Waals surface area contributed by atoms with Crippen LogP contribution in [0.1, 0.15) is 26.7 Å². The lowest BCUT2D eigenvalue weighted by atomic mass is 10.2. The minimum Gasteiger partial charge on any atom is -0.396 e. The van der Waals surface area contributed by atoms with Gasteiger partial charge in [-0.2, -0.15) is 0 Å². The molecule has 0 aromatic rings. The first-order valence-corrected chi connectivity index (χ1v) is 3.55. The molecule has 0 aromatic heterocycles. The summed E-state index contributed by atoms with van der Waals surface area (Å²) >= 11 is 0. The lowest BCUT2D eigenvalue weighted by Crippen LogP contribution is -1.80. The second kappa shape index (κ2) is 5.83. The molecular weight excluding hydrogens is 112 g/mol. The van der Waals surface area contributed by atoms with Crippen molar-refractivity contribution in [1.82, 2.24) is 0 Å². The van der Waals surface area contributed by atoms with Crippen LogP contribution < -0.4 is 0 Å². The van der Waals surface area contributed by atoms with E-state index in [4.69, 9.17) is 5.11 Å². The average molecular weight is 128 g/mol. The smallest absolute Gasteiger partial charge is 0.0433 e. The highest BCUT2D eigenvalue weighted by molar-refractivity contribution is 4.83. The molecule has 0 radical (unpaired) electrons. The third kappa shape index (κ3) is 7.70. The molecule has 0 bridgehead atoms. The quantitative estimate of drug-likeness (QED) is 0.453. The standard InChI is InChI=1S/C8H16O/c1-8(2)6-4-3-5-7-9/h4,6,8-9H,3,5,7H2,1-2H3. The molecule has 0 amide bonds. The number of allylic oxidation sites excluding steroid dienone is 2. The van der Waals surface area contributed by atoms with Gasteiger partial charge in [-0.3, -0.25) is 0 Å². The third-order valence-electron chi connectivity index (χ3n) is 1.05. The molecule has 1 N–H and O–H groups in total. The summed E-state index contributed by atoms with van der Waals surface area (Å²) in [6.45, 7) is 4.60. The summed E-state index contributed by atoms with van der Waals surface area (Å²) in [7, 11) is 0. The monoisotopic (exact) mass is 128 g/mol. The first kappa shape index (κ1) is 8.70.